The van der Waals surface area contributed by atoms with Crippen LogP contribution in [0.15, 0.2) is 48.5 Å². The van der Waals surface area contributed by atoms with Crippen molar-refractivity contribution < 1.29 is 14.7 Å². The van der Waals surface area contributed by atoms with Gasteiger partial charge in [0.15, 0.2) is 0 Å². The normalized spacial score (nSPS) is 16.4. The first-order valence-corrected chi connectivity index (χ1v) is 10.1. The van der Waals surface area contributed by atoms with Crippen LogP contribution in [-0.2, 0) is 10.2 Å². The van der Waals surface area contributed by atoms with Crippen molar-refractivity contribution in [1.29, 1.82) is 0 Å². The smallest absolute Gasteiger partial charge is 0.256 e. The zero-order valence-corrected chi connectivity index (χ0v) is 17.7. The lowest BCUT2D eigenvalue weighted by molar-refractivity contribution is -0.138. The Kier molecular flexibility index (Phi) is 5.80. The number of amides is 2. The summed E-state index contributed by atoms with van der Waals surface area (Å²) in [5.41, 5.74) is 2.01. The van der Waals surface area contributed by atoms with Crippen molar-refractivity contribution in [2.45, 2.75) is 51.6 Å². The Morgan fingerprint density at radius 1 is 1.00 bits per heavy atom. The third-order valence-corrected chi connectivity index (χ3v) is 5.68. The first-order valence-electron chi connectivity index (χ1n) is 10.1. The number of carbonyl (C=O) groups excluding carboxylic acids is 2. The van der Waals surface area contributed by atoms with Crippen molar-refractivity contribution >= 4 is 17.5 Å². The van der Waals surface area contributed by atoms with E-state index < -0.39 is 11.5 Å². The van der Waals surface area contributed by atoms with Gasteiger partial charge in [-0.3, -0.25) is 9.59 Å². The van der Waals surface area contributed by atoms with Crippen molar-refractivity contribution in [2.24, 2.45) is 0 Å². The molecule has 3 rings (SSSR count). The number of piperidine rings is 1. The molecule has 1 heterocycles. The fourth-order valence-electron chi connectivity index (χ4n) is 3.59. The van der Waals surface area contributed by atoms with Crippen LogP contribution < -0.4 is 5.32 Å². The molecule has 2 amide bonds. The van der Waals surface area contributed by atoms with Gasteiger partial charge in [-0.15, -0.1) is 0 Å². The zero-order valence-electron chi connectivity index (χ0n) is 17.7. The van der Waals surface area contributed by atoms with E-state index in [1.54, 1.807) is 4.90 Å². The summed E-state index contributed by atoms with van der Waals surface area (Å²) in [5, 5.41) is 13.7. The van der Waals surface area contributed by atoms with Gasteiger partial charge < -0.3 is 15.3 Å². The third-order valence-electron chi connectivity index (χ3n) is 5.68. The molecule has 0 spiro atoms. The fourth-order valence-corrected chi connectivity index (χ4v) is 3.59. The van der Waals surface area contributed by atoms with Gasteiger partial charge >= 0.3 is 0 Å². The average Bonchev–Trinajstić information content (AvgIpc) is 2.68. The summed E-state index contributed by atoms with van der Waals surface area (Å²) in [4.78, 5) is 27.2. The number of nitrogens with zero attached hydrogens (tertiary/aromatic N) is 1. The van der Waals surface area contributed by atoms with Gasteiger partial charge in [-0.1, -0.05) is 51.1 Å². The van der Waals surface area contributed by atoms with Crippen LogP contribution in [0.25, 0.3) is 0 Å². The summed E-state index contributed by atoms with van der Waals surface area (Å²) in [6, 6.07) is 15.2. The highest BCUT2D eigenvalue weighted by Crippen LogP contribution is 2.27. The Balaban J connectivity index is 1.62. The summed E-state index contributed by atoms with van der Waals surface area (Å²) in [6.45, 7) is 9.01. The number of nitrogens with one attached hydrogen (secondary N) is 1. The number of rotatable bonds is 3. The number of hydrogen-bond donors (Lipinski definition) is 2. The molecule has 5 heteroatoms. The number of likely N-dealkylation sites (tertiary alicyclic amines) is 1. The standard InChI is InChI=1S/C24H30N2O3/c1-17-7-5-6-8-20(17)21(27)26-15-13-24(29,14-16-26)22(28)25-19-11-9-18(10-12-19)23(2,3)4/h5-12,29H,13-16H2,1-4H3,(H,25,28). The Labute approximate surface area is 172 Å². The van der Waals surface area contributed by atoms with Crippen LogP contribution in [0, 0.1) is 6.92 Å². The van der Waals surface area contributed by atoms with Crippen LogP contribution in [0.4, 0.5) is 5.69 Å². The molecule has 2 aromatic carbocycles. The van der Waals surface area contributed by atoms with Crippen molar-refractivity contribution in [1.82, 2.24) is 4.90 Å². The number of aryl methyl sites for hydroxylation is 1. The molecular formula is C24H30N2O3. The third kappa shape index (κ3) is 4.67. The van der Waals surface area contributed by atoms with Gasteiger partial charge in [-0.2, -0.15) is 0 Å². The van der Waals surface area contributed by atoms with Crippen LogP contribution in [0.1, 0.15) is 55.1 Å². The highest BCUT2D eigenvalue weighted by molar-refractivity contribution is 5.98. The van der Waals surface area contributed by atoms with E-state index in [-0.39, 0.29) is 24.2 Å². The van der Waals surface area contributed by atoms with E-state index in [1.807, 2.05) is 55.5 Å². The van der Waals surface area contributed by atoms with Gasteiger partial charge in [0.2, 0.25) is 0 Å². The highest BCUT2D eigenvalue weighted by Gasteiger charge is 2.40. The predicted molar refractivity (Wildman–Crippen MR) is 115 cm³/mol. The Hall–Kier alpha value is -2.66. The topological polar surface area (TPSA) is 69.6 Å². The summed E-state index contributed by atoms with van der Waals surface area (Å²) < 4.78 is 0. The lowest BCUT2D eigenvalue weighted by Crippen LogP contribution is -2.52. The molecule has 1 aliphatic rings. The Morgan fingerprint density at radius 3 is 2.14 bits per heavy atom. The molecule has 154 valence electrons. The highest BCUT2D eigenvalue weighted by atomic mass is 16.3. The second-order valence-corrected chi connectivity index (χ2v) is 8.92. The van der Waals surface area contributed by atoms with E-state index in [1.165, 1.54) is 5.56 Å². The average molecular weight is 395 g/mol. The molecule has 1 fully saturated rings. The molecular weight excluding hydrogens is 364 g/mol. The molecule has 1 aliphatic heterocycles. The van der Waals surface area contributed by atoms with Crippen molar-refractivity contribution in [3.63, 3.8) is 0 Å². The molecule has 0 bridgehead atoms. The Morgan fingerprint density at radius 2 is 1.59 bits per heavy atom. The second kappa shape index (κ2) is 7.99. The van der Waals surface area contributed by atoms with Crippen molar-refractivity contribution in [2.75, 3.05) is 18.4 Å². The summed E-state index contributed by atoms with van der Waals surface area (Å²) in [7, 11) is 0. The quantitative estimate of drug-likeness (QED) is 0.830. The van der Waals surface area contributed by atoms with Crippen LogP contribution in [0.2, 0.25) is 0 Å². The number of benzene rings is 2. The lowest BCUT2D eigenvalue weighted by Gasteiger charge is -2.37. The first kappa shape index (κ1) is 21.1. The van der Waals surface area contributed by atoms with E-state index in [0.717, 1.165) is 5.56 Å². The van der Waals surface area contributed by atoms with Crippen LogP contribution in [0.3, 0.4) is 0 Å². The maximum Gasteiger partial charge on any atom is 0.256 e. The van der Waals surface area contributed by atoms with E-state index in [9.17, 15) is 14.7 Å². The molecule has 0 aliphatic carbocycles. The van der Waals surface area contributed by atoms with Gasteiger partial charge in [0, 0.05) is 37.2 Å². The maximum absolute atomic E-state index is 12.7. The van der Waals surface area contributed by atoms with E-state index in [2.05, 4.69) is 26.1 Å². The van der Waals surface area contributed by atoms with Gasteiger partial charge in [0.25, 0.3) is 11.8 Å². The second-order valence-electron chi connectivity index (χ2n) is 8.92. The molecule has 2 aromatic rings. The van der Waals surface area contributed by atoms with Crippen LogP contribution in [0.5, 0.6) is 0 Å². The van der Waals surface area contributed by atoms with Crippen LogP contribution >= 0.6 is 0 Å². The molecule has 29 heavy (non-hydrogen) atoms. The minimum Gasteiger partial charge on any atom is -0.380 e. The molecule has 5 nitrogen and oxygen atoms in total. The molecule has 0 atom stereocenters. The van der Waals surface area contributed by atoms with E-state index in [4.69, 9.17) is 0 Å². The van der Waals surface area contributed by atoms with Crippen molar-refractivity contribution in [3.8, 4) is 0 Å². The van der Waals surface area contributed by atoms with Gasteiger partial charge in [-0.25, -0.2) is 0 Å². The van der Waals surface area contributed by atoms with Gasteiger partial charge in [0.05, 0.1) is 0 Å². The fraction of sp³-hybridized carbons (Fsp3) is 0.417. The van der Waals surface area contributed by atoms with E-state index >= 15 is 0 Å². The molecule has 0 radical (unpaired) electrons. The first-order chi connectivity index (χ1) is 13.6. The van der Waals surface area contributed by atoms with Gasteiger partial charge in [-0.05, 0) is 41.7 Å². The Bertz CT molecular complexity index is 889. The van der Waals surface area contributed by atoms with Crippen LogP contribution in [-0.4, -0.2) is 40.5 Å². The summed E-state index contributed by atoms with van der Waals surface area (Å²) in [5.74, 6) is -0.465. The molecule has 1 saturated heterocycles. The number of carbonyl (C=O) groups is 2. The molecule has 0 unspecified atom stereocenters. The number of aliphatic hydroxyl groups is 1. The van der Waals surface area contributed by atoms with E-state index in [0.29, 0.717) is 24.3 Å². The summed E-state index contributed by atoms with van der Waals surface area (Å²) in [6.07, 6.45) is 0.438. The minimum atomic E-state index is -1.47. The zero-order chi connectivity index (χ0) is 21.2. The minimum absolute atomic E-state index is 0.0389. The maximum atomic E-state index is 12.7. The SMILES string of the molecule is Cc1ccccc1C(=O)N1CCC(O)(C(=O)Nc2ccc(C(C)(C)C)cc2)CC1. The monoisotopic (exact) mass is 394 g/mol. The molecule has 0 saturated carbocycles. The number of anilines is 1. The van der Waals surface area contributed by atoms with Crippen molar-refractivity contribution in [3.05, 3.63) is 65.2 Å². The largest absolute Gasteiger partial charge is 0.380 e. The predicted octanol–water partition coefficient (Wildman–Crippen LogP) is 3.90. The summed E-state index contributed by atoms with van der Waals surface area (Å²) >= 11 is 0. The number of hydrogen-bond acceptors (Lipinski definition) is 3. The van der Waals surface area contributed by atoms with Gasteiger partial charge in [0.1, 0.15) is 5.60 Å². The lowest BCUT2D eigenvalue weighted by atomic mass is 9.87. The molecule has 0 aromatic heterocycles. The molecule has 2 N–H and O–H groups in total.